The van der Waals surface area contributed by atoms with E-state index in [4.69, 9.17) is 13.9 Å². The highest BCUT2D eigenvalue weighted by molar-refractivity contribution is 9.10. The summed E-state index contributed by atoms with van der Waals surface area (Å²) in [5.74, 6) is -0.112. The molecule has 0 bridgehead atoms. The highest BCUT2D eigenvalue weighted by Gasteiger charge is 2.27. The van der Waals surface area contributed by atoms with Gasteiger partial charge in [-0.05, 0) is 65.3 Å². The molecule has 0 saturated carbocycles. The highest BCUT2D eigenvalue weighted by atomic mass is 79.9. The fraction of sp³-hybridized carbons (Fsp3) is 0.321. The van der Waals surface area contributed by atoms with Gasteiger partial charge in [-0.15, -0.1) is 0 Å². The second-order valence-electron chi connectivity index (χ2n) is 10.3. The number of benzene rings is 2. The van der Waals surface area contributed by atoms with Crippen LogP contribution in [0.3, 0.4) is 0 Å². The second kappa shape index (κ2) is 11.6. The normalized spacial score (nSPS) is 11.9. The minimum atomic E-state index is -0.637. The monoisotopic (exact) mass is 554 g/mol. The lowest BCUT2D eigenvalue weighted by molar-refractivity contribution is -0.123. The van der Waals surface area contributed by atoms with Gasteiger partial charge in [0.25, 0.3) is 5.91 Å². The van der Waals surface area contributed by atoms with E-state index in [1.807, 2.05) is 24.3 Å². The molecule has 8 heteroatoms. The van der Waals surface area contributed by atoms with E-state index in [1.54, 1.807) is 24.3 Å². The molecule has 2 aromatic carbocycles. The van der Waals surface area contributed by atoms with Crippen LogP contribution in [0.5, 0.6) is 11.5 Å². The van der Waals surface area contributed by atoms with Crippen molar-refractivity contribution in [1.82, 2.24) is 5.43 Å². The van der Waals surface area contributed by atoms with Crippen molar-refractivity contribution in [2.24, 2.45) is 10.5 Å². The van der Waals surface area contributed by atoms with Crippen LogP contribution in [0.2, 0.25) is 0 Å². The van der Waals surface area contributed by atoms with Crippen LogP contribution in [-0.2, 0) is 10.2 Å². The number of rotatable bonds is 9. The van der Waals surface area contributed by atoms with Gasteiger partial charge in [-0.25, -0.2) is 10.2 Å². The third kappa shape index (κ3) is 8.09. The SMILES string of the molecule is CC(C)(C)CC(C)(C)c1ccc(OCC(=O)NN=Cc2cc(Br)ccc2OC(=O)c2ccco2)cc1. The molecule has 0 aliphatic heterocycles. The van der Waals surface area contributed by atoms with Crippen LogP contribution in [0.1, 0.15) is 62.7 Å². The van der Waals surface area contributed by atoms with E-state index in [2.05, 4.69) is 61.1 Å². The lowest BCUT2D eigenvalue weighted by Gasteiger charge is -2.33. The van der Waals surface area contributed by atoms with Crippen molar-refractivity contribution >= 4 is 34.0 Å². The molecule has 36 heavy (non-hydrogen) atoms. The summed E-state index contributed by atoms with van der Waals surface area (Å²) < 4.78 is 16.8. The molecular weight excluding hydrogens is 524 g/mol. The van der Waals surface area contributed by atoms with Gasteiger partial charge in [0.1, 0.15) is 11.5 Å². The van der Waals surface area contributed by atoms with Crippen molar-refractivity contribution < 1.29 is 23.5 Å². The molecule has 0 atom stereocenters. The van der Waals surface area contributed by atoms with Crippen LogP contribution in [0.4, 0.5) is 0 Å². The van der Waals surface area contributed by atoms with E-state index in [0.717, 1.165) is 10.9 Å². The topological polar surface area (TPSA) is 90.1 Å². The van der Waals surface area contributed by atoms with Crippen molar-refractivity contribution in [3.8, 4) is 11.5 Å². The number of nitrogens with one attached hydrogen (secondary N) is 1. The van der Waals surface area contributed by atoms with Gasteiger partial charge < -0.3 is 13.9 Å². The summed E-state index contributed by atoms with van der Waals surface area (Å²) in [6.45, 7) is 11.0. The quantitative estimate of drug-likeness (QED) is 0.141. The third-order valence-corrected chi connectivity index (χ3v) is 5.76. The zero-order chi connectivity index (χ0) is 26.3. The van der Waals surface area contributed by atoms with Gasteiger partial charge in [0.2, 0.25) is 5.76 Å². The van der Waals surface area contributed by atoms with Crippen molar-refractivity contribution in [1.29, 1.82) is 0 Å². The summed E-state index contributed by atoms with van der Waals surface area (Å²) in [7, 11) is 0. The zero-order valence-corrected chi connectivity index (χ0v) is 22.7. The Labute approximate surface area is 220 Å². The smallest absolute Gasteiger partial charge is 0.379 e. The number of esters is 1. The van der Waals surface area contributed by atoms with Gasteiger partial charge in [0.15, 0.2) is 6.61 Å². The lowest BCUT2D eigenvalue weighted by Crippen LogP contribution is -2.25. The molecule has 7 nitrogen and oxygen atoms in total. The van der Waals surface area contributed by atoms with Crippen molar-refractivity contribution in [3.63, 3.8) is 0 Å². The highest BCUT2D eigenvalue weighted by Crippen LogP contribution is 2.36. The Morgan fingerprint density at radius 1 is 1.06 bits per heavy atom. The van der Waals surface area contributed by atoms with Crippen LogP contribution in [-0.4, -0.2) is 24.7 Å². The maximum absolute atomic E-state index is 12.2. The van der Waals surface area contributed by atoms with Crippen molar-refractivity contribution in [2.45, 2.75) is 46.5 Å². The summed E-state index contributed by atoms with van der Waals surface area (Å²) in [5.41, 5.74) is 4.37. The summed E-state index contributed by atoms with van der Waals surface area (Å²) in [6.07, 6.45) is 3.82. The first-order valence-electron chi connectivity index (χ1n) is 11.5. The van der Waals surface area contributed by atoms with Crippen LogP contribution < -0.4 is 14.9 Å². The van der Waals surface area contributed by atoms with E-state index >= 15 is 0 Å². The Bertz CT molecular complexity index is 1210. The molecule has 0 saturated heterocycles. The van der Waals surface area contributed by atoms with Gasteiger partial charge in [0, 0.05) is 10.0 Å². The fourth-order valence-electron chi connectivity index (χ4n) is 4.04. The number of hydrazone groups is 1. The molecule has 0 spiro atoms. The van der Waals surface area contributed by atoms with Gasteiger partial charge in [-0.1, -0.05) is 62.7 Å². The Morgan fingerprint density at radius 2 is 1.78 bits per heavy atom. The van der Waals surface area contributed by atoms with E-state index < -0.39 is 11.9 Å². The largest absolute Gasteiger partial charge is 0.484 e. The third-order valence-electron chi connectivity index (χ3n) is 5.27. The molecule has 1 N–H and O–H groups in total. The predicted molar refractivity (Wildman–Crippen MR) is 143 cm³/mol. The molecule has 1 amide bonds. The number of nitrogens with zero attached hydrogens (tertiary/aromatic N) is 1. The molecule has 0 unspecified atom stereocenters. The number of hydrogen-bond acceptors (Lipinski definition) is 6. The number of furan rings is 1. The number of carbonyl (C=O) groups excluding carboxylic acids is 2. The molecule has 190 valence electrons. The van der Waals surface area contributed by atoms with E-state index in [0.29, 0.717) is 11.3 Å². The lowest BCUT2D eigenvalue weighted by atomic mass is 9.72. The van der Waals surface area contributed by atoms with Gasteiger partial charge >= 0.3 is 5.97 Å². The predicted octanol–water partition coefficient (Wildman–Crippen LogP) is 6.50. The molecule has 3 rings (SSSR count). The molecule has 0 aliphatic rings. The van der Waals surface area contributed by atoms with Gasteiger partial charge in [-0.3, -0.25) is 4.79 Å². The number of amides is 1. The second-order valence-corrected chi connectivity index (χ2v) is 11.2. The molecule has 0 radical (unpaired) electrons. The van der Waals surface area contributed by atoms with Gasteiger partial charge in [-0.2, -0.15) is 5.10 Å². The average molecular weight is 555 g/mol. The van der Waals surface area contributed by atoms with Gasteiger partial charge in [0.05, 0.1) is 12.5 Å². The number of halogens is 1. The first-order chi connectivity index (χ1) is 16.9. The van der Waals surface area contributed by atoms with Crippen LogP contribution in [0.15, 0.2) is 74.9 Å². The molecule has 1 aromatic heterocycles. The Balaban J connectivity index is 1.55. The maximum Gasteiger partial charge on any atom is 0.379 e. The first kappa shape index (κ1) is 27.2. The van der Waals surface area contributed by atoms with Crippen LogP contribution in [0.25, 0.3) is 0 Å². The maximum atomic E-state index is 12.2. The molecule has 3 aromatic rings. The summed E-state index contributed by atoms with van der Waals surface area (Å²) in [4.78, 5) is 24.4. The van der Waals surface area contributed by atoms with Crippen LogP contribution >= 0.6 is 15.9 Å². The van der Waals surface area contributed by atoms with Crippen molar-refractivity contribution in [2.75, 3.05) is 6.61 Å². The average Bonchev–Trinajstić information content (AvgIpc) is 3.33. The Kier molecular flexibility index (Phi) is 8.74. The number of hydrogen-bond donors (Lipinski definition) is 1. The summed E-state index contributed by atoms with van der Waals surface area (Å²) in [6, 6.07) is 16.0. The van der Waals surface area contributed by atoms with E-state index in [-0.39, 0.29) is 28.9 Å². The zero-order valence-electron chi connectivity index (χ0n) is 21.1. The summed E-state index contributed by atoms with van der Waals surface area (Å²) in [5, 5.41) is 3.97. The van der Waals surface area contributed by atoms with E-state index in [9.17, 15) is 9.59 Å². The standard InChI is InChI=1S/C28H31BrN2O5/c1-27(2,3)18-28(4,5)20-8-11-22(12-9-20)35-17-25(32)31-30-16-19-15-21(29)10-13-23(19)36-26(33)24-7-6-14-34-24/h6-16H,17-18H2,1-5H3,(H,31,32). The molecule has 0 fully saturated rings. The first-order valence-corrected chi connectivity index (χ1v) is 12.3. The Morgan fingerprint density at radius 3 is 2.42 bits per heavy atom. The minimum absolute atomic E-state index is 0.0282. The molecule has 1 heterocycles. The fourth-order valence-corrected chi connectivity index (χ4v) is 4.42. The molecular formula is C28H31BrN2O5. The summed E-state index contributed by atoms with van der Waals surface area (Å²) >= 11 is 3.38. The van der Waals surface area contributed by atoms with Crippen molar-refractivity contribution in [3.05, 3.63) is 82.2 Å². The van der Waals surface area contributed by atoms with E-state index in [1.165, 1.54) is 24.1 Å². The molecule has 0 aliphatic carbocycles. The minimum Gasteiger partial charge on any atom is -0.484 e. The Hall–Kier alpha value is -3.39. The number of ether oxygens (including phenoxy) is 2. The number of carbonyl (C=O) groups is 2. The van der Waals surface area contributed by atoms with Crippen LogP contribution in [0, 0.1) is 5.41 Å².